The average Bonchev–Trinajstić information content (AvgIpc) is 2.36. The molecule has 0 aromatic heterocycles. The summed E-state index contributed by atoms with van der Waals surface area (Å²) in [7, 11) is 0. The second-order valence-corrected chi connectivity index (χ2v) is 6.45. The molecule has 1 atom stereocenters. The van der Waals surface area contributed by atoms with E-state index >= 15 is 0 Å². The average molecular weight is 327 g/mol. The van der Waals surface area contributed by atoms with Crippen molar-refractivity contribution in [3.05, 3.63) is 28.2 Å². The first kappa shape index (κ1) is 16.5. The number of halogens is 1. The third-order valence-electron chi connectivity index (χ3n) is 3.34. The van der Waals surface area contributed by atoms with Crippen molar-refractivity contribution in [2.75, 3.05) is 18.0 Å². The second-order valence-electron chi connectivity index (χ2n) is 5.59. The van der Waals surface area contributed by atoms with Gasteiger partial charge in [-0.2, -0.15) is 0 Å². The summed E-state index contributed by atoms with van der Waals surface area (Å²) < 4.78 is 1.18. The Hall–Kier alpha value is -0.540. The predicted octanol–water partition coefficient (Wildman–Crippen LogP) is 4.21. The number of hydrogen-bond acceptors (Lipinski definition) is 2. The van der Waals surface area contributed by atoms with Crippen LogP contribution in [-0.4, -0.2) is 19.1 Å². The van der Waals surface area contributed by atoms with Gasteiger partial charge in [-0.1, -0.05) is 26.8 Å². The van der Waals surface area contributed by atoms with Gasteiger partial charge in [0.05, 0.1) is 5.69 Å². The van der Waals surface area contributed by atoms with E-state index in [9.17, 15) is 0 Å². The molecule has 2 N–H and O–H groups in total. The lowest BCUT2D eigenvalue weighted by atomic mass is 10.0. The fraction of sp³-hybridized carbons (Fsp3) is 0.625. The zero-order valence-corrected chi connectivity index (χ0v) is 14.2. The summed E-state index contributed by atoms with van der Waals surface area (Å²) in [6, 6.07) is 6.90. The molecule has 1 aromatic rings. The molecule has 3 heteroatoms. The van der Waals surface area contributed by atoms with E-state index in [2.05, 4.69) is 66.7 Å². The molecule has 0 fully saturated rings. The summed E-state index contributed by atoms with van der Waals surface area (Å²) in [5, 5.41) is 0. The summed E-state index contributed by atoms with van der Waals surface area (Å²) in [4.78, 5) is 2.41. The molecule has 1 rings (SSSR count). The molecule has 19 heavy (non-hydrogen) atoms. The molecule has 1 aromatic carbocycles. The van der Waals surface area contributed by atoms with E-state index in [-0.39, 0.29) is 6.04 Å². The summed E-state index contributed by atoms with van der Waals surface area (Å²) in [5.74, 6) is 0.667. The third-order valence-corrected chi connectivity index (χ3v) is 3.98. The largest absolute Gasteiger partial charge is 0.371 e. The van der Waals surface area contributed by atoms with Gasteiger partial charge in [0.25, 0.3) is 0 Å². The number of nitrogens with zero attached hydrogens (tertiary/aromatic N) is 1. The SMILES string of the molecule is CCC(N)Cc1ccc(N(CC)CC(C)C)c(Br)c1. The van der Waals surface area contributed by atoms with Gasteiger partial charge >= 0.3 is 0 Å². The van der Waals surface area contributed by atoms with Gasteiger partial charge in [-0.15, -0.1) is 0 Å². The van der Waals surface area contributed by atoms with E-state index in [0.29, 0.717) is 5.92 Å². The van der Waals surface area contributed by atoms with Crippen LogP contribution in [0.25, 0.3) is 0 Å². The lowest BCUT2D eigenvalue weighted by Crippen LogP contribution is -2.27. The van der Waals surface area contributed by atoms with E-state index in [4.69, 9.17) is 5.73 Å². The first-order chi connectivity index (χ1) is 8.97. The molecule has 2 nitrogen and oxygen atoms in total. The molecule has 0 radical (unpaired) electrons. The summed E-state index contributed by atoms with van der Waals surface area (Å²) in [6.07, 6.45) is 1.97. The number of anilines is 1. The second kappa shape index (κ2) is 7.91. The molecule has 0 aliphatic rings. The predicted molar refractivity (Wildman–Crippen MR) is 88.8 cm³/mol. The Morgan fingerprint density at radius 3 is 2.42 bits per heavy atom. The molecule has 0 saturated heterocycles. The van der Waals surface area contributed by atoms with Crippen LogP contribution in [0.2, 0.25) is 0 Å². The Kier molecular flexibility index (Phi) is 6.87. The third kappa shape index (κ3) is 5.15. The highest BCUT2D eigenvalue weighted by Crippen LogP contribution is 2.28. The van der Waals surface area contributed by atoms with Crippen molar-refractivity contribution in [1.82, 2.24) is 0 Å². The van der Waals surface area contributed by atoms with Crippen molar-refractivity contribution in [2.45, 2.75) is 46.6 Å². The van der Waals surface area contributed by atoms with Gasteiger partial charge in [0.15, 0.2) is 0 Å². The van der Waals surface area contributed by atoms with Crippen molar-refractivity contribution in [3.8, 4) is 0 Å². The quantitative estimate of drug-likeness (QED) is 0.813. The van der Waals surface area contributed by atoms with Crippen LogP contribution in [0.15, 0.2) is 22.7 Å². The Balaban J connectivity index is 2.86. The van der Waals surface area contributed by atoms with Gasteiger partial charge in [0, 0.05) is 23.6 Å². The maximum absolute atomic E-state index is 6.02. The van der Waals surface area contributed by atoms with Gasteiger partial charge in [0.1, 0.15) is 0 Å². The Morgan fingerprint density at radius 2 is 1.95 bits per heavy atom. The zero-order valence-electron chi connectivity index (χ0n) is 12.6. The van der Waals surface area contributed by atoms with E-state index in [0.717, 1.165) is 25.9 Å². The molecular weight excluding hydrogens is 300 g/mol. The molecule has 1 unspecified atom stereocenters. The van der Waals surface area contributed by atoms with Crippen LogP contribution in [0, 0.1) is 5.92 Å². The van der Waals surface area contributed by atoms with Crippen molar-refractivity contribution >= 4 is 21.6 Å². The molecule has 0 heterocycles. The highest BCUT2D eigenvalue weighted by molar-refractivity contribution is 9.10. The number of rotatable bonds is 7. The topological polar surface area (TPSA) is 29.3 Å². The maximum Gasteiger partial charge on any atom is 0.0510 e. The summed E-state index contributed by atoms with van der Waals surface area (Å²) in [6.45, 7) is 11.0. The minimum absolute atomic E-state index is 0.260. The molecule has 0 aliphatic carbocycles. The number of nitrogens with two attached hydrogens (primary N) is 1. The highest BCUT2D eigenvalue weighted by Gasteiger charge is 2.11. The lowest BCUT2D eigenvalue weighted by Gasteiger charge is -2.26. The lowest BCUT2D eigenvalue weighted by molar-refractivity contribution is 0.617. The zero-order chi connectivity index (χ0) is 14.4. The summed E-state index contributed by atoms with van der Waals surface area (Å²) in [5.41, 5.74) is 8.61. The standard InChI is InChI=1S/C16H27BrN2/c1-5-14(18)9-13-7-8-16(15(17)10-13)19(6-2)11-12(3)4/h7-8,10,12,14H,5-6,9,11,18H2,1-4H3. The smallest absolute Gasteiger partial charge is 0.0510 e. The van der Waals surface area contributed by atoms with Crippen LogP contribution >= 0.6 is 15.9 Å². The minimum atomic E-state index is 0.260. The Labute approximate surface area is 126 Å². The van der Waals surface area contributed by atoms with Crippen LogP contribution in [0.1, 0.15) is 39.7 Å². The van der Waals surface area contributed by atoms with Gasteiger partial charge in [-0.05, 0) is 59.3 Å². The van der Waals surface area contributed by atoms with Gasteiger partial charge in [-0.25, -0.2) is 0 Å². The van der Waals surface area contributed by atoms with Crippen LogP contribution in [0.5, 0.6) is 0 Å². The number of hydrogen-bond donors (Lipinski definition) is 1. The molecule has 0 spiro atoms. The molecule has 0 saturated carbocycles. The van der Waals surface area contributed by atoms with Gasteiger partial charge < -0.3 is 10.6 Å². The van der Waals surface area contributed by atoms with E-state index in [1.165, 1.54) is 15.7 Å². The number of benzene rings is 1. The van der Waals surface area contributed by atoms with Crippen LogP contribution in [-0.2, 0) is 6.42 Å². The van der Waals surface area contributed by atoms with Crippen LogP contribution < -0.4 is 10.6 Å². The fourth-order valence-corrected chi connectivity index (χ4v) is 2.90. The Morgan fingerprint density at radius 1 is 1.26 bits per heavy atom. The monoisotopic (exact) mass is 326 g/mol. The normalized spacial score (nSPS) is 12.8. The first-order valence-electron chi connectivity index (χ1n) is 7.26. The molecule has 0 bridgehead atoms. The first-order valence-corrected chi connectivity index (χ1v) is 8.06. The van der Waals surface area contributed by atoms with Crippen molar-refractivity contribution < 1.29 is 0 Å². The van der Waals surface area contributed by atoms with Crippen molar-refractivity contribution in [2.24, 2.45) is 11.7 Å². The van der Waals surface area contributed by atoms with E-state index < -0.39 is 0 Å². The molecule has 108 valence electrons. The Bertz CT molecular complexity index is 390. The van der Waals surface area contributed by atoms with Gasteiger partial charge in [-0.3, -0.25) is 0 Å². The van der Waals surface area contributed by atoms with Crippen molar-refractivity contribution in [3.63, 3.8) is 0 Å². The van der Waals surface area contributed by atoms with Gasteiger partial charge in [0.2, 0.25) is 0 Å². The minimum Gasteiger partial charge on any atom is -0.371 e. The molecule has 0 amide bonds. The fourth-order valence-electron chi connectivity index (χ4n) is 2.22. The van der Waals surface area contributed by atoms with Crippen molar-refractivity contribution in [1.29, 1.82) is 0 Å². The summed E-state index contributed by atoms with van der Waals surface area (Å²) >= 11 is 3.71. The highest BCUT2D eigenvalue weighted by atomic mass is 79.9. The molecular formula is C16H27BrN2. The van der Waals surface area contributed by atoms with Crippen LogP contribution in [0.4, 0.5) is 5.69 Å². The van der Waals surface area contributed by atoms with Crippen LogP contribution in [0.3, 0.4) is 0 Å². The van der Waals surface area contributed by atoms with E-state index in [1.807, 2.05) is 0 Å². The molecule has 0 aliphatic heterocycles. The van der Waals surface area contributed by atoms with E-state index in [1.54, 1.807) is 0 Å². The maximum atomic E-state index is 6.02.